The van der Waals surface area contributed by atoms with E-state index in [1.807, 2.05) is 13.1 Å². The van der Waals surface area contributed by atoms with Crippen LogP contribution in [0.2, 0.25) is 0 Å². The molecule has 0 amide bonds. The lowest BCUT2D eigenvalue weighted by Crippen LogP contribution is -2.05. The first-order valence-electron chi connectivity index (χ1n) is 5.82. The number of aromatic carboxylic acids is 1. The highest BCUT2D eigenvalue weighted by atomic mass is 16.4. The molecule has 0 atom stereocenters. The molecule has 0 bridgehead atoms. The minimum absolute atomic E-state index is 0.161. The average molecular weight is 257 g/mol. The Morgan fingerprint density at radius 3 is 2.89 bits per heavy atom. The summed E-state index contributed by atoms with van der Waals surface area (Å²) in [5.74, 6) is -0.456. The van der Waals surface area contributed by atoms with Gasteiger partial charge in [-0.15, -0.1) is 5.10 Å². The summed E-state index contributed by atoms with van der Waals surface area (Å²) >= 11 is 0. The first-order chi connectivity index (χ1) is 9.20. The molecule has 2 aromatic heterocycles. The normalized spacial score (nSPS) is 11.0. The summed E-state index contributed by atoms with van der Waals surface area (Å²) in [5.41, 5.74) is 1.15. The second kappa shape index (κ2) is 4.20. The Hall–Kier alpha value is -2.70. The van der Waals surface area contributed by atoms with Crippen LogP contribution in [-0.2, 0) is 6.54 Å². The molecule has 0 fully saturated rings. The highest BCUT2D eigenvalue weighted by Crippen LogP contribution is 2.19. The molecule has 0 saturated heterocycles. The number of carboxylic acid groups (broad SMARTS) is 1. The van der Waals surface area contributed by atoms with Crippen LogP contribution >= 0.6 is 0 Å². The van der Waals surface area contributed by atoms with Gasteiger partial charge < -0.3 is 5.11 Å². The third kappa shape index (κ3) is 1.75. The zero-order valence-corrected chi connectivity index (χ0v) is 10.2. The lowest BCUT2D eigenvalue weighted by molar-refractivity contribution is 0.0698. The number of nitrogens with zero attached hydrogens (tertiary/aromatic N) is 5. The van der Waals surface area contributed by atoms with Crippen LogP contribution < -0.4 is 0 Å². The summed E-state index contributed by atoms with van der Waals surface area (Å²) in [4.78, 5) is 11.3. The van der Waals surface area contributed by atoms with Gasteiger partial charge in [0.2, 0.25) is 0 Å². The van der Waals surface area contributed by atoms with Crippen LogP contribution in [-0.4, -0.2) is 35.9 Å². The van der Waals surface area contributed by atoms with Crippen LogP contribution in [0.4, 0.5) is 0 Å². The van der Waals surface area contributed by atoms with Gasteiger partial charge in [-0.05, 0) is 19.1 Å². The topological polar surface area (TPSA) is 85.8 Å². The Balaban J connectivity index is 2.26. The Morgan fingerprint density at radius 2 is 2.21 bits per heavy atom. The highest BCUT2D eigenvalue weighted by molar-refractivity contribution is 6.01. The number of hydrogen-bond donors (Lipinski definition) is 1. The molecule has 0 aliphatic heterocycles. The van der Waals surface area contributed by atoms with Crippen LogP contribution in [0.5, 0.6) is 0 Å². The standard InChI is InChI=1S/C12H11N5O2/c1-2-16-7-6-10(14-16)17-11-8(12(18)19)4-3-5-9(11)13-15-17/h3-7H,2H2,1H3,(H,18,19). The van der Waals surface area contributed by atoms with Crippen molar-refractivity contribution in [2.45, 2.75) is 13.5 Å². The van der Waals surface area contributed by atoms with Crippen molar-refractivity contribution in [3.05, 3.63) is 36.0 Å². The van der Waals surface area contributed by atoms with Crippen molar-refractivity contribution < 1.29 is 9.90 Å². The molecule has 0 radical (unpaired) electrons. The van der Waals surface area contributed by atoms with E-state index >= 15 is 0 Å². The van der Waals surface area contributed by atoms with Gasteiger partial charge in [0.1, 0.15) is 11.0 Å². The van der Waals surface area contributed by atoms with E-state index in [2.05, 4.69) is 15.4 Å². The van der Waals surface area contributed by atoms with E-state index in [1.165, 1.54) is 10.7 Å². The lowest BCUT2D eigenvalue weighted by Gasteiger charge is -2.01. The van der Waals surface area contributed by atoms with Crippen molar-refractivity contribution in [3.63, 3.8) is 0 Å². The molecular weight excluding hydrogens is 246 g/mol. The lowest BCUT2D eigenvalue weighted by atomic mass is 10.2. The van der Waals surface area contributed by atoms with Crippen molar-refractivity contribution in [1.82, 2.24) is 24.8 Å². The number of carboxylic acids is 1. The number of fused-ring (bicyclic) bond motifs is 1. The molecule has 1 N–H and O–H groups in total. The van der Waals surface area contributed by atoms with E-state index in [0.717, 1.165) is 6.54 Å². The molecule has 1 aromatic carbocycles. The average Bonchev–Trinajstić information content (AvgIpc) is 3.03. The quantitative estimate of drug-likeness (QED) is 0.765. The van der Waals surface area contributed by atoms with Crippen molar-refractivity contribution in [2.75, 3.05) is 0 Å². The molecule has 7 nitrogen and oxygen atoms in total. The number of hydrogen-bond acceptors (Lipinski definition) is 4. The monoisotopic (exact) mass is 257 g/mol. The zero-order valence-electron chi connectivity index (χ0n) is 10.2. The first kappa shape index (κ1) is 11.4. The van der Waals surface area contributed by atoms with Gasteiger partial charge in [-0.25, -0.2) is 4.79 Å². The smallest absolute Gasteiger partial charge is 0.337 e. The zero-order chi connectivity index (χ0) is 13.4. The molecule has 0 unspecified atom stereocenters. The molecule has 96 valence electrons. The molecule has 3 rings (SSSR count). The van der Waals surface area contributed by atoms with Crippen molar-refractivity contribution in [3.8, 4) is 5.82 Å². The predicted octanol–water partition coefficient (Wildman–Crippen LogP) is 1.34. The number of benzene rings is 1. The Morgan fingerprint density at radius 1 is 1.37 bits per heavy atom. The van der Waals surface area contributed by atoms with Gasteiger partial charge in [-0.2, -0.15) is 9.78 Å². The minimum atomic E-state index is -1.01. The van der Waals surface area contributed by atoms with Gasteiger partial charge in [0.15, 0.2) is 5.82 Å². The van der Waals surface area contributed by atoms with Crippen LogP contribution in [0.25, 0.3) is 16.9 Å². The van der Waals surface area contributed by atoms with Crippen LogP contribution in [0, 0.1) is 0 Å². The van der Waals surface area contributed by atoms with E-state index in [1.54, 1.807) is 22.9 Å². The fourth-order valence-electron chi connectivity index (χ4n) is 1.95. The maximum absolute atomic E-state index is 11.3. The molecule has 2 heterocycles. The maximum atomic E-state index is 11.3. The summed E-state index contributed by atoms with van der Waals surface area (Å²) < 4.78 is 3.19. The van der Waals surface area contributed by atoms with Gasteiger partial charge in [-0.1, -0.05) is 11.3 Å². The third-order valence-electron chi connectivity index (χ3n) is 2.87. The number of rotatable bonds is 3. The number of aromatic nitrogens is 5. The highest BCUT2D eigenvalue weighted by Gasteiger charge is 2.16. The third-order valence-corrected chi connectivity index (χ3v) is 2.87. The van der Waals surface area contributed by atoms with Gasteiger partial charge >= 0.3 is 5.97 Å². The Labute approximate surface area is 108 Å². The van der Waals surface area contributed by atoms with Crippen molar-refractivity contribution in [1.29, 1.82) is 0 Å². The fraction of sp³-hybridized carbons (Fsp3) is 0.167. The predicted molar refractivity (Wildman–Crippen MR) is 67.3 cm³/mol. The summed E-state index contributed by atoms with van der Waals surface area (Å²) in [6.45, 7) is 2.71. The number of para-hydroxylation sites is 1. The Kier molecular flexibility index (Phi) is 2.52. The number of aryl methyl sites for hydroxylation is 1. The van der Waals surface area contributed by atoms with Crippen LogP contribution in [0.15, 0.2) is 30.5 Å². The fourth-order valence-corrected chi connectivity index (χ4v) is 1.95. The molecule has 0 aliphatic carbocycles. The Bertz CT molecular complexity index is 758. The first-order valence-corrected chi connectivity index (χ1v) is 5.82. The van der Waals surface area contributed by atoms with Crippen LogP contribution in [0.1, 0.15) is 17.3 Å². The summed E-state index contributed by atoms with van der Waals surface area (Å²) in [7, 11) is 0. The second-order valence-corrected chi connectivity index (χ2v) is 4.01. The van der Waals surface area contributed by atoms with E-state index in [0.29, 0.717) is 16.9 Å². The van der Waals surface area contributed by atoms with Crippen molar-refractivity contribution in [2.24, 2.45) is 0 Å². The molecule has 19 heavy (non-hydrogen) atoms. The molecule has 0 aliphatic rings. The second-order valence-electron chi connectivity index (χ2n) is 4.01. The summed E-state index contributed by atoms with van der Waals surface area (Å²) in [5, 5.41) is 21.5. The van der Waals surface area contributed by atoms with Gasteiger partial charge in [0.25, 0.3) is 0 Å². The van der Waals surface area contributed by atoms with Gasteiger partial charge in [0.05, 0.1) is 5.56 Å². The molecule has 0 saturated carbocycles. The SMILES string of the molecule is CCn1ccc(-n2nnc3cccc(C(=O)O)c32)n1. The van der Waals surface area contributed by atoms with E-state index in [-0.39, 0.29) is 5.56 Å². The van der Waals surface area contributed by atoms with Gasteiger partial charge in [0, 0.05) is 18.8 Å². The molecule has 7 heteroatoms. The van der Waals surface area contributed by atoms with Crippen LogP contribution in [0.3, 0.4) is 0 Å². The minimum Gasteiger partial charge on any atom is -0.478 e. The van der Waals surface area contributed by atoms with E-state index in [4.69, 9.17) is 0 Å². The van der Waals surface area contributed by atoms with Gasteiger partial charge in [-0.3, -0.25) is 4.68 Å². The summed E-state index contributed by atoms with van der Waals surface area (Å²) in [6.07, 6.45) is 1.81. The van der Waals surface area contributed by atoms with Crippen molar-refractivity contribution >= 4 is 17.0 Å². The van der Waals surface area contributed by atoms with E-state index < -0.39 is 5.97 Å². The summed E-state index contributed by atoms with van der Waals surface area (Å²) in [6, 6.07) is 6.68. The molecule has 0 spiro atoms. The molecular formula is C12H11N5O2. The number of carbonyl (C=O) groups is 1. The molecule has 3 aromatic rings. The maximum Gasteiger partial charge on any atom is 0.337 e. The largest absolute Gasteiger partial charge is 0.478 e. The van der Waals surface area contributed by atoms with E-state index in [9.17, 15) is 9.90 Å².